The first-order valence-electron chi connectivity index (χ1n) is 10.5. The Morgan fingerprint density at radius 2 is 0.889 bits per heavy atom. The molecule has 27 heavy (non-hydrogen) atoms. The normalized spacial score (nSPS) is 27.3. The van der Waals surface area contributed by atoms with E-state index in [0.29, 0.717) is 77.9 Å². The first-order valence-corrected chi connectivity index (χ1v) is 10.5. The van der Waals surface area contributed by atoms with E-state index >= 15 is 0 Å². The fourth-order valence-electron chi connectivity index (χ4n) is 3.04. The predicted molar refractivity (Wildman–Crippen MR) is 101 cm³/mol. The van der Waals surface area contributed by atoms with Crippen molar-refractivity contribution in [2.75, 3.05) is 79.3 Å². The Balaban J connectivity index is 1.22. The summed E-state index contributed by atoms with van der Waals surface area (Å²) >= 11 is 0. The topological polar surface area (TPSA) is 64.6 Å². The van der Waals surface area contributed by atoms with Crippen molar-refractivity contribution in [3.8, 4) is 0 Å². The van der Waals surface area contributed by atoms with Crippen LogP contribution < -0.4 is 0 Å². The fourth-order valence-corrected chi connectivity index (χ4v) is 3.04. The van der Waals surface area contributed by atoms with E-state index in [9.17, 15) is 0 Å². The lowest BCUT2D eigenvalue weighted by Gasteiger charge is -2.35. The second-order valence-electron chi connectivity index (χ2n) is 7.07. The zero-order chi connectivity index (χ0) is 19.2. The van der Waals surface area contributed by atoms with Crippen LogP contribution in [0.15, 0.2) is 0 Å². The minimum Gasteiger partial charge on any atom is -0.377 e. The number of ether oxygens (including phenoxy) is 7. The Hall–Kier alpha value is -0.280. The lowest BCUT2D eigenvalue weighted by atomic mass is 9.96. The predicted octanol–water partition coefficient (Wildman–Crippen LogP) is 1.92. The lowest BCUT2D eigenvalue weighted by Crippen LogP contribution is -2.42. The Kier molecular flexibility index (Phi) is 12.5. The molecule has 0 N–H and O–H groups in total. The van der Waals surface area contributed by atoms with Gasteiger partial charge in [-0.15, -0.1) is 0 Å². The van der Waals surface area contributed by atoms with Gasteiger partial charge in [0.05, 0.1) is 91.5 Å². The second kappa shape index (κ2) is 14.7. The molecule has 0 saturated carbocycles. The molecule has 4 atom stereocenters. The number of hydrogen-bond acceptors (Lipinski definition) is 7. The summed E-state index contributed by atoms with van der Waals surface area (Å²) in [7, 11) is 0. The average molecular weight is 391 g/mol. The van der Waals surface area contributed by atoms with Crippen molar-refractivity contribution in [2.24, 2.45) is 11.8 Å². The summed E-state index contributed by atoms with van der Waals surface area (Å²) in [6, 6.07) is 0. The molecule has 0 radical (unpaired) electrons. The third-order valence-corrected chi connectivity index (χ3v) is 5.20. The largest absolute Gasteiger partial charge is 0.377 e. The van der Waals surface area contributed by atoms with Crippen molar-refractivity contribution in [3.63, 3.8) is 0 Å². The summed E-state index contributed by atoms with van der Waals surface area (Å²) in [6.45, 7) is 12.1. The Morgan fingerprint density at radius 3 is 1.15 bits per heavy atom. The van der Waals surface area contributed by atoms with Crippen LogP contribution in [0.2, 0.25) is 0 Å². The van der Waals surface area contributed by atoms with Gasteiger partial charge in [-0.2, -0.15) is 0 Å². The molecule has 2 heterocycles. The van der Waals surface area contributed by atoms with Gasteiger partial charge < -0.3 is 33.2 Å². The van der Waals surface area contributed by atoms with E-state index in [-0.39, 0.29) is 12.2 Å². The van der Waals surface area contributed by atoms with Crippen molar-refractivity contribution in [3.05, 3.63) is 0 Å². The molecule has 0 aromatic rings. The highest BCUT2D eigenvalue weighted by molar-refractivity contribution is 4.77. The van der Waals surface area contributed by atoms with Crippen LogP contribution in [0.25, 0.3) is 0 Å². The van der Waals surface area contributed by atoms with Gasteiger partial charge in [-0.3, -0.25) is 0 Å². The van der Waals surface area contributed by atoms with Crippen molar-refractivity contribution in [1.29, 1.82) is 0 Å². The standard InChI is InChI=1S/C20H38O7/c1-3-17-13-26-19(17)15-24-11-9-22-7-5-21-6-8-23-10-12-25-16-20-18(4-2)14-27-20/h17-20H,3-16H2,1-2H3. The third kappa shape index (κ3) is 9.17. The van der Waals surface area contributed by atoms with Gasteiger partial charge in [0.15, 0.2) is 0 Å². The molecule has 0 amide bonds. The van der Waals surface area contributed by atoms with E-state index in [1.165, 1.54) is 0 Å². The van der Waals surface area contributed by atoms with Gasteiger partial charge in [0, 0.05) is 11.8 Å². The van der Waals surface area contributed by atoms with Gasteiger partial charge >= 0.3 is 0 Å². The van der Waals surface area contributed by atoms with Crippen molar-refractivity contribution in [1.82, 2.24) is 0 Å². The highest BCUT2D eigenvalue weighted by Gasteiger charge is 2.30. The fraction of sp³-hybridized carbons (Fsp3) is 1.00. The molecule has 0 aromatic heterocycles. The van der Waals surface area contributed by atoms with Crippen molar-refractivity contribution in [2.45, 2.75) is 38.9 Å². The Labute approximate surface area is 163 Å². The monoisotopic (exact) mass is 390 g/mol. The maximum Gasteiger partial charge on any atom is 0.0858 e. The van der Waals surface area contributed by atoms with E-state index in [4.69, 9.17) is 33.2 Å². The molecule has 2 saturated heterocycles. The SMILES string of the molecule is CCC1COC1COCCOCCOCCOCCOCC1OCC1CC. The van der Waals surface area contributed by atoms with Crippen LogP contribution >= 0.6 is 0 Å². The molecule has 7 nitrogen and oxygen atoms in total. The molecule has 0 bridgehead atoms. The molecule has 2 fully saturated rings. The van der Waals surface area contributed by atoms with Crippen LogP contribution in [0.1, 0.15) is 26.7 Å². The smallest absolute Gasteiger partial charge is 0.0858 e. The molecule has 2 rings (SSSR count). The molecule has 160 valence electrons. The molecule has 2 aliphatic heterocycles. The summed E-state index contributed by atoms with van der Waals surface area (Å²) in [5, 5.41) is 0. The van der Waals surface area contributed by atoms with E-state index < -0.39 is 0 Å². The maximum absolute atomic E-state index is 5.57. The molecule has 2 aliphatic rings. The van der Waals surface area contributed by atoms with Crippen molar-refractivity contribution >= 4 is 0 Å². The van der Waals surface area contributed by atoms with Crippen LogP contribution in [0.3, 0.4) is 0 Å². The van der Waals surface area contributed by atoms with Gasteiger partial charge in [0.25, 0.3) is 0 Å². The number of rotatable bonds is 18. The first-order chi connectivity index (χ1) is 13.3. The van der Waals surface area contributed by atoms with E-state index in [1.54, 1.807) is 0 Å². The van der Waals surface area contributed by atoms with E-state index in [2.05, 4.69) is 13.8 Å². The Bertz CT molecular complexity index is 319. The van der Waals surface area contributed by atoms with Crippen LogP contribution in [0.5, 0.6) is 0 Å². The van der Waals surface area contributed by atoms with Gasteiger partial charge in [-0.05, 0) is 12.8 Å². The third-order valence-electron chi connectivity index (χ3n) is 5.20. The van der Waals surface area contributed by atoms with Crippen LogP contribution in [0, 0.1) is 11.8 Å². The molecule has 0 spiro atoms. The highest BCUT2D eigenvalue weighted by atomic mass is 16.6. The molecule has 4 unspecified atom stereocenters. The quantitative estimate of drug-likeness (QED) is 0.331. The summed E-state index contributed by atoms with van der Waals surface area (Å²) in [5.74, 6) is 1.33. The molecule has 0 aromatic carbocycles. The van der Waals surface area contributed by atoms with Gasteiger partial charge in [0.2, 0.25) is 0 Å². The first kappa shape index (κ1) is 23.0. The van der Waals surface area contributed by atoms with E-state index in [1.807, 2.05) is 0 Å². The Morgan fingerprint density at radius 1 is 0.556 bits per heavy atom. The van der Waals surface area contributed by atoms with Crippen LogP contribution in [-0.2, 0) is 33.2 Å². The van der Waals surface area contributed by atoms with E-state index in [0.717, 1.165) is 26.1 Å². The molecular formula is C20H38O7. The molecular weight excluding hydrogens is 352 g/mol. The zero-order valence-electron chi connectivity index (χ0n) is 17.1. The van der Waals surface area contributed by atoms with Crippen LogP contribution in [0.4, 0.5) is 0 Å². The van der Waals surface area contributed by atoms with Crippen molar-refractivity contribution < 1.29 is 33.2 Å². The maximum atomic E-state index is 5.57. The van der Waals surface area contributed by atoms with Gasteiger partial charge in [-0.1, -0.05) is 13.8 Å². The number of hydrogen-bond donors (Lipinski definition) is 0. The molecule has 0 aliphatic carbocycles. The lowest BCUT2D eigenvalue weighted by molar-refractivity contribution is -0.150. The zero-order valence-corrected chi connectivity index (χ0v) is 17.1. The average Bonchev–Trinajstić information content (AvgIpc) is 2.63. The summed E-state index contributed by atoms with van der Waals surface area (Å²) in [4.78, 5) is 0. The minimum absolute atomic E-state index is 0.281. The van der Waals surface area contributed by atoms with Gasteiger partial charge in [-0.25, -0.2) is 0 Å². The summed E-state index contributed by atoms with van der Waals surface area (Å²) in [6.07, 6.45) is 2.88. The summed E-state index contributed by atoms with van der Waals surface area (Å²) in [5.41, 5.74) is 0. The van der Waals surface area contributed by atoms with Crippen LogP contribution in [-0.4, -0.2) is 91.5 Å². The highest BCUT2D eigenvalue weighted by Crippen LogP contribution is 2.24. The summed E-state index contributed by atoms with van der Waals surface area (Å²) < 4.78 is 38.5. The minimum atomic E-state index is 0.281. The van der Waals surface area contributed by atoms with Gasteiger partial charge in [0.1, 0.15) is 0 Å². The molecule has 7 heteroatoms. The second-order valence-corrected chi connectivity index (χ2v) is 7.07.